The van der Waals surface area contributed by atoms with Crippen molar-refractivity contribution in [2.45, 2.75) is 50.5 Å². The van der Waals surface area contributed by atoms with Gasteiger partial charge in [0.2, 0.25) is 23.3 Å². The van der Waals surface area contributed by atoms with Crippen LogP contribution in [0.1, 0.15) is 60.8 Å². The molecule has 5 atom stereocenters. The fourth-order valence-electron chi connectivity index (χ4n) is 5.49. The average molecular weight is 678 g/mol. The number of rotatable bonds is 9. The average Bonchev–Trinajstić information content (AvgIpc) is 3.27. The Hall–Kier alpha value is -4.38. The highest BCUT2D eigenvalue weighted by atomic mass is 35.5. The van der Waals surface area contributed by atoms with E-state index in [0.29, 0.717) is 21.2 Å². The molecule has 1 fully saturated rings. The minimum atomic E-state index is -3.03. The van der Waals surface area contributed by atoms with Crippen molar-refractivity contribution in [3.8, 4) is 0 Å². The third-order valence-electron chi connectivity index (χ3n) is 8.27. The van der Waals surface area contributed by atoms with E-state index in [-0.39, 0.29) is 22.3 Å². The highest BCUT2D eigenvalue weighted by Gasteiger charge is 2.74. The van der Waals surface area contributed by atoms with E-state index >= 15 is 0 Å². The Morgan fingerprint density at radius 2 is 1.28 bits per heavy atom. The van der Waals surface area contributed by atoms with Gasteiger partial charge < -0.3 is 24.4 Å². The molecule has 0 saturated carbocycles. The van der Waals surface area contributed by atoms with Gasteiger partial charge in [-0.2, -0.15) is 0 Å². The molecule has 5 rings (SSSR count). The van der Waals surface area contributed by atoms with Crippen LogP contribution in [0.5, 0.6) is 0 Å². The highest BCUT2D eigenvalue weighted by Crippen LogP contribution is 2.48. The summed E-state index contributed by atoms with van der Waals surface area (Å²) in [6, 6.07) is 23.9. The van der Waals surface area contributed by atoms with Crippen molar-refractivity contribution < 1.29 is 43.6 Å². The lowest BCUT2D eigenvalue weighted by Gasteiger charge is -2.39. The van der Waals surface area contributed by atoms with E-state index in [1.165, 1.54) is 60.7 Å². The van der Waals surface area contributed by atoms with Crippen LogP contribution in [0.2, 0.25) is 10.0 Å². The van der Waals surface area contributed by atoms with Gasteiger partial charge in [-0.25, -0.2) is 9.59 Å². The zero-order chi connectivity index (χ0) is 34.1. The molecule has 0 radical (unpaired) electrons. The van der Waals surface area contributed by atoms with E-state index in [2.05, 4.69) is 0 Å². The first kappa shape index (κ1) is 34.0. The molecule has 11 heteroatoms. The molecule has 47 heavy (non-hydrogen) atoms. The summed E-state index contributed by atoms with van der Waals surface area (Å²) in [6.45, 7) is 4.41. The van der Waals surface area contributed by atoms with Crippen molar-refractivity contribution in [3.05, 3.63) is 140 Å². The zero-order valence-corrected chi connectivity index (χ0v) is 27.0. The number of benzene rings is 4. The predicted octanol–water partition coefficient (Wildman–Crippen LogP) is 6.02. The summed E-state index contributed by atoms with van der Waals surface area (Å²) >= 11 is 12.0. The van der Waals surface area contributed by atoms with Crippen LogP contribution in [-0.4, -0.2) is 57.3 Å². The van der Waals surface area contributed by atoms with Crippen LogP contribution in [0.4, 0.5) is 0 Å². The van der Waals surface area contributed by atoms with Crippen LogP contribution in [0, 0.1) is 13.8 Å². The molecule has 0 bridgehead atoms. The number of Topliss-reactive ketones (excluding diaryl/α,β-unsaturated/α-hetero) is 2. The lowest BCUT2D eigenvalue weighted by molar-refractivity contribution is -0.181. The number of hydrogen-bond donors (Lipinski definition) is 2. The molecule has 1 saturated heterocycles. The van der Waals surface area contributed by atoms with Gasteiger partial charge in [0.15, 0.2) is 11.9 Å². The van der Waals surface area contributed by atoms with Gasteiger partial charge in [0.1, 0.15) is 6.10 Å². The molecule has 0 aliphatic carbocycles. The lowest BCUT2D eigenvalue weighted by atomic mass is 9.73. The minimum Gasteiger partial charge on any atom is -0.445 e. The van der Waals surface area contributed by atoms with E-state index < -0.39 is 53.2 Å². The maximum absolute atomic E-state index is 14.5. The smallest absolute Gasteiger partial charge is 0.340 e. The first-order valence-electron chi connectivity index (χ1n) is 14.5. The van der Waals surface area contributed by atoms with Crippen molar-refractivity contribution in [1.29, 1.82) is 0 Å². The second-order valence-electron chi connectivity index (χ2n) is 11.3. The summed E-state index contributed by atoms with van der Waals surface area (Å²) in [5.41, 5.74) is -4.49. The van der Waals surface area contributed by atoms with Crippen molar-refractivity contribution in [2.24, 2.45) is 0 Å². The number of aliphatic hydroxyl groups is 2. The van der Waals surface area contributed by atoms with Crippen molar-refractivity contribution in [2.75, 3.05) is 0 Å². The number of ether oxygens (including phenoxy) is 3. The van der Waals surface area contributed by atoms with Crippen LogP contribution in [0.15, 0.2) is 97.1 Å². The number of ketones is 2. The topological polar surface area (TPSA) is 136 Å². The van der Waals surface area contributed by atoms with E-state index in [1.807, 2.05) is 0 Å². The zero-order valence-electron chi connectivity index (χ0n) is 25.5. The molecule has 0 aromatic heterocycles. The number of aliphatic hydroxyl groups excluding tert-OH is 1. The van der Waals surface area contributed by atoms with Gasteiger partial charge in [-0.1, -0.05) is 71.7 Å². The molecule has 1 aliphatic heterocycles. The van der Waals surface area contributed by atoms with Gasteiger partial charge in [-0.3, -0.25) is 9.59 Å². The number of hydrogen-bond acceptors (Lipinski definition) is 9. The first-order valence-corrected chi connectivity index (χ1v) is 15.2. The quantitative estimate of drug-likeness (QED) is 0.161. The number of carbonyl (C=O) groups is 4. The molecule has 4 aromatic carbocycles. The molecular weight excluding hydrogens is 647 g/mol. The Bertz CT molecular complexity index is 1840. The third kappa shape index (κ3) is 6.33. The van der Waals surface area contributed by atoms with Gasteiger partial charge in [-0.05, 0) is 86.0 Å². The minimum absolute atomic E-state index is 0.00729. The Kier molecular flexibility index (Phi) is 9.68. The fraction of sp³-hybridized carbons (Fsp3) is 0.222. The van der Waals surface area contributed by atoms with Gasteiger partial charge in [0, 0.05) is 15.6 Å². The summed E-state index contributed by atoms with van der Waals surface area (Å²) in [7, 11) is 0. The van der Waals surface area contributed by atoms with Crippen LogP contribution in [0.3, 0.4) is 0 Å². The normalized spacial score (nSPS) is 22.7. The monoisotopic (exact) mass is 676 g/mol. The SMILES string of the molecule is Cc1ccccc1C(=O)[C@@]1(O)[C@@H](C(=O)C(O)c2ccccc2C)O[C@H](OC(=O)c2ccc(Cl)cc2)[C@]1(C)OC(=O)c1ccc(Cl)cc1. The summed E-state index contributed by atoms with van der Waals surface area (Å²) in [4.78, 5) is 55.7. The molecule has 1 heterocycles. The predicted molar refractivity (Wildman–Crippen MR) is 172 cm³/mol. The Balaban J connectivity index is 1.67. The van der Waals surface area contributed by atoms with E-state index in [0.717, 1.165) is 6.92 Å². The van der Waals surface area contributed by atoms with E-state index in [1.54, 1.807) is 50.2 Å². The maximum Gasteiger partial charge on any atom is 0.340 e. The van der Waals surface area contributed by atoms with Gasteiger partial charge in [0.25, 0.3) is 0 Å². The van der Waals surface area contributed by atoms with Crippen LogP contribution < -0.4 is 0 Å². The standard InChI is InChI=1S/C36H30Cl2O9/c1-20-8-4-6-10-26(20)28(39)29(40)31-36(44,30(41)27-11-7-5-9-21(27)2)35(3,47-33(43)23-14-18-25(38)19-15-23)34(45-31)46-32(42)22-12-16-24(37)17-13-22/h4-19,28,31,34,39,44H,1-3H3/t28?,31-,34-,35+,36-/m1/s1. The Labute approximate surface area is 280 Å². The highest BCUT2D eigenvalue weighted by molar-refractivity contribution is 6.31. The summed E-state index contributed by atoms with van der Waals surface area (Å²) in [5, 5.41) is 24.6. The molecular formula is C36H30Cl2O9. The largest absolute Gasteiger partial charge is 0.445 e. The molecule has 0 spiro atoms. The fourth-order valence-corrected chi connectivity index (χ4v) is 5.74. The van der Waals surface area contributed by atoms with E-state index in [9.17, 15) is 29.4 Å². The number of aryl methyl sites for hydroxylation is 2. The Morgan fingerprint density at radius 1 is 0.766 bits per heavy atom. The van der Waals surface area contributed by atoms with Crippen LogP contribution >= 0.6 is 23.2 Å². The number of esters is 2. The summed E-state index contributed by atoms with van der Waals surface area (Å²) < 4.78 is 17.5. The summed E-state index contributed by atoms with van der Waals surface area (Å²) in [6.07, 6.45) is -6.10. The molecule has 242 valence electrons. The number of carbonyl (C=O) groups excluding carboxylic acids is 4. The second kappa shape index (κ2) is 13.4. The van der Waals surface area contributed by atoms with Crippen molar-refractivity contribution in [3.63, 3.8) is 0 Å². The third-order valence-corrected chi connectivity index (χ3v) is 8.78. The van der Waals surface area contributed by atoms with E-state index in [4.69, 9.17) is 37.4 Å². The van der Waals surface area contributed by atoms with Crippen LogP contribution in [0.25, 0.3) is 0 Å². The van der Waals surface area contributed by atoms with Crippen molar-refractivity contribution >= 4 is 46.7 Å². The molecule has 9 nitrogen and oxygen atoms in total. The molecule has 2 N–H and O–H groups in total. The molecule has 1 unspecified atom stereocenters. The van der Waals surface area contributed by atoms with Gasteiger partial charge in [0.05, 0.1) is 11.1 Å². The van der Waals surface area contributed by atoms with Gasteiger partial charge in [-0.15, -0.1) is 0 Å². The van der Waals surface area contributed by atoms with Crippen molar-refractivity contribution in [1.82, 2.24) is 0 Å². The van der Waals surface area contributed by atoms with Crippen LogP contribution in [-0.2, 0) is 19.0 Å². The summed E-state index contributed by atoms with van der Waals surface area (Å²) in [5.74, 6) is -4.26. The maximum atomic E-state index is 14.5. The molecule has 4 aromatic rings. The number of halogens is 2. The van der Waals surface area contributed by atoms with Gasteiger partial charge >= 0.3 is 11.9 Å². The molecule has 1 aliphatic rings. The first-order chi connectivity index (χ1) is 22.3. The lowest BCUT2D eigenvalue weighted by Crippen LogP contribution is -2.66. The second-order valence-corrected chi connectivity index (χ2v) is 12.2. The molecule has 0 amide bonds. The Morgan fingerprint density at radius 3 is 1.83 bits per heavy atom.